The van der Waals surface area contributed by atoms with E-state index in [9.17, 15) is 0 Å². The van der Waals surface area contributed by atoms with Crippen molar-refractivity contribution in [2.75, 3.05) is 18.0 Å². The second kappa shape index (κ2) is 3.88. The summed E-state index contributed by atoms with van der Waals surface area (Å²) in [4.78, 5) is 5.28. The molecule has 4 heteroatoms. The van der Waals surface area contributed by atoms with Crippen LogP contribution in [0, 0.1) is 3.95 Å². The number of nitrogens with one attached hydrogen (secondary N) is 1. The van der Waals surface area contributed by atoms with Gasteiger partial charge in [0.1, 0.15) is 5.00 Å². The van der Waals surface area contributed by atoms with E-state index in [0.29, 0.717) is 0 Å². The molecule has 0 spiro atoms. The van der Waals surface area contributed by atoms with Crippen LogP contribution in [0.1, 0.15) is 13.8 Å². The molecule has 0 fully saturated rings. The highest BCUT2D eigenvalue weighted by atomic mass is 32.1. The number of nitrogens with zero attached hydrogens (tertiary/aromatic N) is 1. The normalized spacial score (nSPS) is 10.0. The van der Waals surface area contributed by atoms with Gasteiger partial charge < -0.3 is 9.88 Å². The summed E-state index contributed by atoms with van der Waals surface area (Å²) in [7, 11) is 0. The zero-order chi connectivity index (χ0) is 8.27. The second-order valence-electron chi connectivity index (χ2n) is 2.19. The fourth-order valence-corrected chi connectivity index (χ4v) is 2.09. The molecule has 0 atom stereocenters. The number of rotatable bonds is 3. The maximum Gasteiger partial charge on any atom is 0.160 e. The van der Waals surface area contributed by atoms with Crippen LogP contribution in [0.15, 0.2) is 6.20 Å². The number of anilines is 1. The first-order chi connectivity index (χ1) is 5.27. The van der Waals surface area contributed by atoms with Gasteiger partial charge in [-0.2, -0.15) is 0 Å². The molecule has 1 heterocycles. The molecule has 11 heavy (non-hydrogen) atoms. The van der Waals surface area contributed by atoms with Gasteiger partial charge in [-0.1, -0.05) is 11.3 Å². The van der Waals surface area contributed by atoms with Crippen LogP contribution in [0.2, 0.25) is 0 Å². The highest BCUT2D eigenvalue weighted by Gasteiger charge is 2.01. The van der Waals surface area contributed by atoms with E-state index in [-0.39, 0.29) is 0 Å². The van der Waals surface area contributed by atoms with Crippen LogP contribution in [0.4, 0.5) is 5.00 Å². The quantitative estimate of drug-likeness (QED) is 0.735. The number of thiazole rings is 1. The molecular weight excluding hydrogens is 176 g/mol. The van der Waals surface area contributed by atoms with Crippen LogP contribution in [0.25, 0.3) is 0 Å². The minimum Gasteiger partial charge on any atom is -0.363 e. The summed E-state index contributed by atoms with van der Waals surface area (Å²) in [5, 5.41) is 1.24. The Morgan fingerprint density at radius 2 is 2.18 bits per heavy atom. The van der Waals surface area contributed by atoms with E-state index in [1.165, 1.54) is 5.00 Å². The summed E-state index contributed by atoms with van der Waals surface area (Å²) in [6, 6.07) is 0. The number of H-pyrrole nitrogens is 1. The maximum absolute atomic E-state index is 4.98. The lowest BCUT2D eigenvalue weighted by Crippen LogP contribution is -2.20. The molecule has 0 saturated heterocycles. The van der Waals surface area contributed by atoms with Crippen molar-refractivity contribution >= 4 is 28.6 Å². The smallest absolute Gasteiger partial charge is 0.160 e. The molecule has 1 rings (SSSR count). The molecule has 2 nitrogen and oxygen atoms in total. The number of hydrogen-bond donors (Lipinski definition) is 1. The van der Waals surface area contributed by atoms with Gasteiger partial charge in [-0.25, -0.2) is 0 Å². The van der Waals surface area contributed by atoms with Gasteiger partial charge in [0.25, 0.3) is 0 Å². The monoisotopic (exact) mass is 188 g/mol. The Hall–Kier alpha value is -0.350. The molecule has 0 aliphatic heterocycles. The summed E-state index contributed by atoms with van der Waals surface area (Å²) in [6.45, 7) is 6.37. The van der Waals surface area contributed by atoms with Crippen molar-refractivity contribution in [1.82, 2.24) is 4.98 Å². The van der Waals surface area contributed by atoms with Crippen molar-refractivity contribution in [3.63, 3.8) is 0 Å². The summed E-state index contributed by atoms with van der Waals surface area (Å²) in [6.07, 6.45) is 1.97. The maximum atomic E-state index is 4.98. The first kappa shape index (κ1) is 8.74. The predicted molar refractivity (Wildman–Crippen MR) is 53.1 cm³/mol. The van der Waals surface area contributed by atoms with Gasteiger partial charge in [0, 0.05) is 19.3 Å². The topological polar surface area (TPSA) is 19.0 Å². The molecule has 1 aromatic rings. The van der Waals surface area contributed by atoms with E-state index >= 15 is 0 Å². The molecule has 0 saturated carbocycles. The molecule has 0 unspecified atom stereocenters. The molecule has 0 aliphatic carbocycles. The van der Waals surface area contributed by atoms with Crippen LogP contribution in [-0.4, -0.2) is 18.1 Å². The molecule has 1 N–H and O–H groups in total. The number of hydrogen-bond acceptors (Lipinski definition) is 3. The highest BCUT2D eigenvalue weighted by molar-refractivity contribution is 7.73. The Morgan fingerprint density at radius 3 is 2.55 bits per heavy atom. The van der Waals surface area contributed by atoms with E-state index in [4.69, 9.17) is 12.2 Å². The zero-order valence-electron chi connectivity index (χ0n) is 6.76. The third-order valence-corrected chi connectivity index (χ3v) is 2.84. The number of aromatic nitrogens is 1. The molecule has 0 radical (unpaired) electrons. The molecule has 0 amide bonds. The zero-order valence-corrected chi connectivity index (χ0v) is 8.39. The Morgan fingerprint density at radius 1 is 1.55 bits per heavy atom. The van der Waals surface area contributed by atoms with Gasteiger partial charge in [-0.05, 0) is 26.1 Å². The standard InChI is InChI=1S/C7H12N2S2/c1-3-9(4-2)6-5-8-7(10)11-6/h5H,3-4H2,1-2H3,(H,8,10). The van der Waals surface area contributed by atoms with Crippen molar-refractivity contribution in [2.24, 2.45) is 0 Å². The number of aromatic amines is 1. The van der Waals surface area contributed by atoms with Crippen molar-refractivity contribution in [2.45, 2.75) is 13.8 Å². The Kier molecular flexibility index (Phi) is 3.08. The van der Waals surface area contributed by atoms with Crippen molar-refractivity contribution < 1.29 is 0 Å². The van der Waals surface area contributed by atoms with Crippen LogP contribution < -0.4 is 4.90 Å². The summed E-state index contributed by atoms with van der Waals surface area (Å²) >= 11 is 6.61. The lowest BCUT2D eigenvalue weighted by molar-refractivity contribution is 0.874. The fourth-order valence-electron chi connectivity index (χ4n) is 0.966. The first-order valence-corrected chi connectivity index (χ1v) is 4.93. The van der Waals surface area contributed by atoms with Crippen molar-refractivity contribution in [3.05, 3.63) is 10.2 Å². The van der Waals surface area contributed by atoms with Gasteiger partial charge in [-0.15, -0.1) is 0 Å². The SMILES string of the molecule is CCN(CC)c1c[nH]c(=S)s1. The Balaban J connectivity index is 2.81. The van der Waals surface area contributed by atoms with E-state index in [1.807, 2.05) is 6.20 Å². The van der Waals surface area contributed by atoms with Crippen LogP contribution in [-0.2, 0) is 0 Å². The molecule has 0 aromatic carbocycles. The summed E-state index contributed by atoms with van der Waals surface area (Å²) in [5.41, 5.74) is 0. The lowest BCUT2D eigenvalue weighted by atomic mass is 10.5. The summed E-state index contributed by atoms with van der Waals surface area (Å²) < 4.78 is 0.854. The van der Waals surface area contributed by atoms with Crippen LogP contribution in [0.3, 0.4) is 0 Å². The van der Waals surface area contributed by atoms with Gasteiger partial charge in [0.05, 0.1) is 0 Å². The third kappa shape index (κ3) is 2.04. The molecule has 1 aromatic heterocycles. The molecule has 62 valence electrons. The molecular formula is C7H12N2S2. The minimum atomic E-state index is 0.854. The first-order valence-electron chi connectivity index (χ1n) is 3.71. The predicted octanol–water partition coefficient (Wildman–Crippen LogP) is 2.65. The van der Waals surface area contributed by atoms with Gasteiger partial charge >= 0.3 is 0 Å². The van der Waals surface area contributed by atoms with Crippen molar-refractivity contribution in [1.29, 1.82) is 0 Å². The Labute approximate surface area is 75.9 Å². The largest absolute Gasteiger partial charge is 0.363 e. The van der Waals surface area contributed by atoms with Gasteiger partial charge in [0.15, 0.2) is 3.95 Å². The molecule has 0 bridgehead atoms. The third-order valence-electron chi connectivity index (χ3n) is 1.59. The lowest BCUT2D eigenvalue weighted by Gasteiger charge is -2.17. The van der Waals surface area contributed by atoms with Gasteiger partial charge in [0.2, 0.25) is 0 Å². The Bertz CT molecular complexity index is 259. The van der Waals surface area contributed by atoms with Gasteiger partial charge in [-0.3, -0.25) is 0 Å². The van der Waals surface area contributed by atoms with E-state index < -0.39 is 0 Å². The highest BCUT2D eigenvalue weighted by Crippen LogP contribution is 2.19. The van der Waals surface area contributed by atoms with E-state index in [2.05, 4.69) is 23.7 Å². The fraction of sp³-hybridized carbons (Fsp3) is 0.571. The summed E-state index contributed by atoms with van der Waals surface area (Å²) in [5.74, 6) is 0. The second-order valence-corrected chi connectivity index (χ2v) is 3.89. The van der Waals surface area contributed by atoms with E-state index in [1.54, 1.807) is 11.3 Å². The minimum absolute atomic E-state index is 0.854. The average molecular weight is 188 g/mol. The van der Waals surface area contributed by atoms with Crippen molar-refractivity contribution in [3.8, 4) is 0 Å². The average Bonchev–Trinajstić information content (AvgIpc) is 2.39. The van der Waals surface area contributed by atoms with Crippen LogP contribution >= 0.6 is 23.6 Å². The van der Waals surface area contributed by atoms with Crippen LogP contribution in [0.5, 0.6) is 0 Å². The van der Waals surface area contributed by atoms with E-state index in [0.717, 1.165) is 17.0 Å². The molecule has 0 aliphatic rings.